The Kier molecular flexibility index (Phi) is 8.67. The lowest BCUT2D eigenvalue weighted by Crippen LogP contribution is -2.50. The molecule has 0 aromatic heterocycles. The number of carbonyl (C=O) groups excluding carboxylic acids is 2. The van der Waals surface area contributed by atoms with Crippen LogP contribution in [-0.2, 0) is 27.2 Å². The second-order valence-corrected chi connectivity index (χ2v) is 5.57. The van der Waals surface area contributed by atoms with Gasteiger partial charge >= 0.3 is 5.97 Å². The Hall–Kier alpha value is -2.37. The number of hydrogen-bond donors (Lipinski definition) is 2. The number of rotatable bonds is 7. The summed E-state index contributed by atoms with van der Waals surface area (Å²) < 4.78 is 4.79. The zero-order chi connectivity index (χ0) is 17.4. The van der Waals surface area contributed by atoms with Gasteiger partial charge in [-0.15, -0.1) is 12.4 Å². The summed E-state index contributed by atoms with van der Waals surface area (Å²) in [6, 6.07) is 17.5. The summed E-state index contributed by atoms with van der Waals surface area (Å²) in [4.78, 5) is 24.3. The Morgan fingerprint density at radius 3 is 1.92 bits per heavy atom. The maximum Gasteiger partial charge on any atom is 0.328 e. The molecule has 0 spiro atoms. The van der Waals surface area contributed by atoms with Gasteiger partial charge in [0.15, 0.2) is 0 Å². The molecule has 0 aliphatic carbocycles. The normalized spacial score (nSPS) is 12.4. The molecule has 0 radical (unpaired) electrons. The Morgan fingerprint density at radius 1 is 0.960 bits per heavy atom. The van der Waals surface area contributed by atoms with E-state index in [4.69, 9.17) is 10.5 Å². The zero-order valence-corrected chi connectivity index (χ0v) is 14.9. The van der Waals surface area contributed by atoms with Crippen LogP contribution in [0.2, 0.25) is 0 Å². The molecule has 2 rings (SSSR count). The standard InChI is InChI=1S/C19H22N2O3.ClH/c1-24-19(23)17(13-15-10-6-3-7-11-15)21-18(22)16(20)12-14-8-4-2-5-9-14;/h2-11,16-17H,12-13,20H2,1H3,(H,21,22);1H/t16-,17+;/m0./s1. The molecule has 5 nitrogen and oxygen atoms in total. The van der Waals surface area contributed by atoms with Gasteiger partial charge in [-0.2, -0.15) is 0 Å². The third-order valence-corrected chi connectivity index (χ3v) is 3.72. The lowest BCUT2D eigenvalue weighted by Gasteiger charge is -2.19. The molecule has 1 amide bonds. The van der Waals surface area contributed by atoms with Crippen LogP contribution in [0, 0.1) is 0 Å². The number of carbonyl (C=O) groups is 2. The van der Waals surface area contributed by atoms with Gasteiger partial charge in [-0.1, -0.05) is 60.7 Å². The average Bonchev–Trinajstić information content (AvgIpc) is 2.62. The van der Waals surface area contributed by atoms with Crippen molar-refractivity contribution in [3.63, 3.8) is 0 Å². The third kappa shape index (κ3) is 6.57. The van der Waals surface area contributed by atoms with Crippen molar-refractivity contribution in [2.45, 2.75) is 24.9 Å². The fourth-order valence-corrected chi connectivity index (χ4v) is 2.42. The van der Waals surface area contributed by atoms with Crippen LogP contribution >= 0.6 is 12.4 Å². The van der Waals surface area contributed by atoms with Gasteiger partial charge in [0.25, 0.3) is 0 Å². The largest absolute Gasteiger partial charge is 0.467 e. The Labute approximate surface area is 154 Å². The van der Waals surface area contributed by atoms with E-state index in [1.807, 2.05) is 60.7 Å². The van der Waals surface area contributed by atoms with Crippen LogP contribution in [0.25, 0.3) is 0 Å². The third-order valence-electron chi connectivity index (χ3n) is 3.72. The molecule has 3 N–H and O–H groups in total. The number of nitrogens with one attached hydrogen (secondary N) is 1. The highest BCUT2D eigenvalue weighted by molar-refractivity contribution is 5.87. The topological polar surface area (TPSA) is 81.4 Å². The first kappa shape index (κ1) is 20.7. The number of hydrogen-bond acceptors (Lipinski definition) is 4. The first-order valence-electron chi connectivity index (χ1n) is 7.81. The molecule has 25 heavy (non-hydrogen) atoms. The first-order valence-corrected chi connectivity index (χ1v) is 7.81. The van der Waals surface area contributed by atoms with Gasteiger partial charge in [-0.05, 0) is 17.5 Å². The summed E-state index contributed by atoms with van der Waals surface area (Å²) >= 11 is 0. The number of esters is 1. The van der Waals surface area contributed by atoms with Gasteiger partial charge in [0.1, 0.15) is 6.04 Å². The lowest BCUT2D eigenvalue weighted by molar-refractivity contribution is -0.145. The van der Waals surface area contributed by atoms with Crippen molar-refractivity contribution in [2.24, 2.45) is 5.73 Å². The van der Waals surface area contributed by atoms with Crippen molar-refractivity contribution in [1.82, 2.24) is 5.32 Å². The van der Waals surface area contributed by atoms with Gasteiger partial charge in [-0.25, -0.2) is 4.79 Å². The highest BCUT2D eigenvalue weighted by atomic mass is 35.5. The number of halogens is 1. The van der Waals surface area contributed by atoms with E-state index in [2.05, 4.69) is 5.32 Å². The van der Waals surface area contributed by atoms with E-state index in [0.29, 0.717) is 12.8 Å². The molecule has 0 aliphatic rings. The number of benzene rings is 2. The molecule has 2 aromatic rings. The quantitative estimate of drug-likeness (QED) is 0.737. The summed E-state index contributed by atoms with van der Waals surface area (Å²) in [7, 11) is 1.30. The molecular formula is C19H23ClN2O3. The van der Waals surface area contributed by atoms with Crippen LogP contribution < -0.4 is 11.1 Å². The predicted octanol–water partition coefficient (Wildman–Crippen LogP) is 1.88. The minimum absolute atomic E-state index is 0. The second kappa shape index (κ2) is 10.5. The smallest absolute Gasteiger partial charge is 0.328 e. The van der Waals surface area contributed by atoms with Crippen molar-refractivity contribution < 1.29 is 14.3 Å². The molecule has 6 heteroatoms. The van der Waals surface area contributed by atoms with E-state index < -0.39 is 18.1 Å². The lowest BCUT2D eigenvalue weighted by atomic mass is 10.0. The van der Waals surface area contributed by atoms with Crippen LogP contribution in [0.15, 0.2) is 60.7 Å². The fraction of sp³-hybridized carbons (Fsp3) is 0.263. The molecule has 2 atom stereocenters. The van der Waals surface area contributed by atoms with Gasteiger partial charge in [0.2, 0.25) is 5.91 Å². The van der Waals surface area contributed by atoms with Gasteiger partial charge in [0, 0.05) is 6.42 Å². The van der Waals surface area contributed by atoms with E-state index in [1.54, 1.807) is 0 Å². The van der Waals surface area contributed by atoms with Gasteiger partial charge in [-0.3, -0.25) is 4.79 Å². The summed E-state index contributed by atoms with van der Waals surface area (Å²) in [5.41, 5.74) is 7.87. The average molecular weight is 363 g/mol. The first-order chi connectivity index (χ1) is 11.6. The van der Waals surface area contributed by atoms with Crippen molar-refractivity contribution >= 4 is 24.3 Å². The highest BCUT2D eigenvalue weighted by Gasteiger charge is 2.24. The van der Waals surface area contributed by atoms with Crippen molar-refractivity contribution in [1.29, 1.82) is 0 Å². The zero-order valence-electron chi connectivity index (χ0n) is 14.1. The van der Waals surface area contributed by atoms with Crippen LogP contribution in [0.3, 0.4) is 0 Å². The SMILES string of the molecule is COC(=O)[C@@H](Cc1ccccc1)NC(=O)[C@@H](N)Cc1ccccc1.Cl. The van der Waals surface area contributed by atoms with Crippen molar-refractivity contribution in [3.8, 4) is 0 Å². The molecule has 0 bridgehead atoms. The Morgan fingerprint density at radius 2 is 1.44 bits per heavy atom. The van der Waals surface area contributed by atoms with Crippen LogP contribution in [0.5, 0.6) is 0 Å². The van der Waals surface area contributed by atoms with Gasteiger partial charge < -0.3 is 15.8 Å². The number of amides is 1. The summed E-state index contributed by atoms with van der Waals surface area (Å²) in [6.45, 7) is 0. The highest BCUT2D eigenvalue weighted by Crippen LogP contribution is 2.06. The minimum Gasteiger partial charge on any atom is -0.467 e. The van der Waals surface area contributed by atoms with E-state index >= 15 is 0 Å². The maximum atomic E-state index is 12.3. The predicted molar refractivity (Wildman–Crippen MR) is 99.5 cm³/mol. The van der Waals surface area contributed by atoms with E-state index in [0.717, 1.165) is 11.1 Å². The Balaban J connectivity index is 0.00000312. The van der Waals surface area contributed by atoms with Crippen molar-refractivity contribution in [3.05, 3.63) is 71.8 Å². The summed E-state index contributed by atoms with van der Waals surface area (Å²) in [5.74, 6) is -0.857. The molecule has 0 saturated carbocycles. The van der Waals surface area contributed by atoms with E-state index in [9.17, 15) is 9.59 Å². The molecule has 0 saturated heterocycles. The molecule has 0 aliphatic heterocycles. The van der Waals surface area contributed by atoms with Crippen LogP contribution in [0.4, 0.5) is 0 Å². The summed E-state index contributed by atoms with van der Waals surface area (Å²) in [5, 5.41) is 2.70. The molecule has 134 valence electrons. The monoisotopic (exact) mass is 362 g/mol. The molecular weight excluding hydrogens is 340 g/mol. The fourth-order valence-electron chi connectivity index (χ4n) is 2.42. The van der Waals surface area contributed by atoms with E-state index in [-0.39, 0.29) is 18.3 Å². The number of methoxy groups -OCH3 is 1. The minimum atomic E-state index is -0.758. The van der Waals surface area contributed by atoms with E-state index in [1.165, 1.54) is 7.11 Å². The maximum absolute atomic E-state index is 12.3. The molecule has 0 heterocycles. The molecule has 0 unspecified atom stereocenters. The number of nitrogens with two attached hydrogens (primary N) is 1. The van der Waals surface area contributed by atoms with Crippen LogP contribution in [-0.4, -0.2) is 31.1 Å². The second-order valence-electron chi connectivity index (χ2n) is 5.57. The number of ether oxygens (including phenoxy) is 1. The molecule has 0 fully saturated rings. The Bertz CT molecular complexity index is 665. The van der Waals surface area contributed by atoms with Gasteiger partial charge in [0.05, 0.1) is 13.2 Å². The van der Waals surface area contributed by atoms with Crippen molar-refractivity contribution in [2.75, 3.05) is 7.11 Å². The molecule has 2 aromatic carbocycles. The summed E-state index contributed by atoms with van der Waals surface area (Å²) in [6.07, 6.45) is 0.767. The van der Waals surface area contributed by atoms with Crippen LogP contribution in [0.1, 0.15) is 11.1 Å².